The van der Waals surface area contributed by atoms with E-state index < -0.39 is 0 Å². The summed E-state index contributed by atoms with van der Waals surface area (Å²) >= 11 is 0. The highest BCUT2D eigenvalue weighted by atomic mass is 19.1. The zero-order valence-corrected chi connectivity index (χ0v) is 13.3. The van der Waals surface area contributed by atoms with Crippen LogP contribution >= 0.6 is 0 Å². The van der Waals surface area contributed by atoms with Gasteiger partial charge in [0.15, 0.2) is 5.96 Å². The lowest BCUT2D eigenvalue weighted by Crippen LogP contribution is -2.45. The summed E-state index contributed by atoms with van der Waals surface area (Å²) in [6.07, 6.45) is 6.58. The molecule has 23 heavy (non-hydrogen) atoms. The summed E-state index contributed by atoms with van der Waals surface area (Å²) in [6, 6.07) is 6.35. The molecule has 0 bridgehead atoms. The standard InChI is InChI=1S/C17H23FN4O/c1-19-17(22-15-4-2-3-5-15)21-11-10-20-16(23)12-13-6-8-14(18)9-7-13/h2-3,6-9,15H,4-5,10-12H2,1H3,(H,20,23)(H2,19,21,22). The first-order valence-electron chi connectivity index (χ1n) is 7.80. The Kier molecular flexibility index (Phi) is 6.59. The van der Waals surface area contributed by atoms with Gasteiger partial charge in [0.25, 0.3) is 0 Å². The van der Waals surface area contributed by atoms with Crippen LogP contribution in [0.3, 0.4) is 0 Å². The van der Waals surface area contributed by atoms with Crippen molar-refractivity contribution >= 4 is 11.9 Å². The summed E-state index contributed by atoms with van der Waals surface area (Å²) in [5, 5.41) is 9.33. The maximum atomic E-state index is 12.8. The molecule has 0 fully saturated rings. The second kappa shape index (κ2) is 8.92. The van der Waals surface area contributed by atoms with Crippen molar-refractivity contribution in [3.05, 3.63) is 47.8 Å². The molecule has 0 saturated heterocycles. The van der Waals surface area contributed by atoms with Crippen molar-refractivity contribution in [1.29, 1.82) is 0 Å². The van der Waals surface area contributed by atoms with Gasteiger partial charge in [0, 0.05) is 26.2 Å². The number of aliphatic imine (C=N–C) groups is 1. The Labute approximate surface area is 136 Å². The first kappa shape index (κ1) is 17.0. The first-order valence-corrected chi connectivity index (χ1v) is 7.80. The van der Waals surface area contributed by atoms with Crippen LogP contribution in [0, 0.1) is 5.82 Å². The van der Waals surface area contributed by atoms with Crippen LogP contribution in [-0.4, -0.2) is 38.0 Å². The topological polar surface area (TPSA) is 65.5 Å². The SMILES string of the molecule is CN=C(NCCNC(=O)Cc1ccc(F)cc1)NC1CC=CC1. The van der Waals surface area contributed by atoms with E-state index in [4.69, 9.17) is 0 Å². The molecular weight excluding hydrogens is 295 g/mol. The summed E-state index contributed by atoms with van der Waals surface area (Å²) in [5.74, 6) is 0.363. The molecule has 2 rings (SSSR count). The molecule has 1 aromatic rings. The van der Waals surface area contributed by atoms with E-state index in [9.17, 15) is 9.18 Å². The molecule has 0 heterocycles. The number of carbonyl (C=O) groups is 1. The molecule has 6 heteroatoms. The molecule has 5 nitrogen and oxygen atoms in total. The number of carbonyl (C=O) groups excluding carboxylic acids is 1. The van der Waals surface area contributed by atoms with Gasteiger partial charge in [0.1, 0.15) is 5.82 Å². The van der Waals surface area contributed by atoms with Gasteiger partial charge in [-0.05, 0) is 30.5 Å². The maximum Gasteiger partial charge on any atom is 0.224 e. The van der Waals surface area contributed by atoms with Gasteiger partial charge < -0.3 is 16.0 Å². The number of halogens is 1. The van der Waals surface area contributed by atoms with Gasteiger partial charge >= 0.3 is 0 Å². The minimum Gasteiger partial charge on any atom is -0.355 e. The highest BCUT2D eigenvalue weighted by Crippen LogP contribution is 2.08. The van der Waals surface area contributed by atoms with Gasteiger partial charge in [-0.15, -0.1) is 0 Å². The number of rotatable bonds is 6. The van der Waals surface area contributed by atoms with E-state index in [1.807, 2.05) is 0 Å². The highest BCUT2D eigenvalue weighted by Gasteiger charge is 2.11. The summed E-state index contributed by atoms with van der Waals surface area (Å²) in [6.45, 7) is 1.10. The van der Waals surface area contributed by atoms with Crippen LogP contribution in [0.4, 0.5) is 4.39 Å². The molecule has 1 amide bonds. The van der Waals surface area contributed by atoms with Gasteiger partial charge in [0.2, 0.25) is 5.91 Å². The van der Waals surface area contributed by atoms with Crippen molar-refractivity contribution < 1.29 is 9.18 Å². The largest absolute Gasteiger partial charge is 0.355 e. The van der Waals surface area contributed by atoms with E-state index >= 15 is 0 Å². The van der Waals surface area contributed by atoms with Crippen molar-refractivity contribution in [3.63, 3.8) is 0 Å². The summed E-state index contributed by atoms with van der Waals surface area (Å²) in [4.78, 5) is 16.0. The molecule has 1 aromatic carbocycles. The molecule has 0 radical (unpaired) electrons. The lowest BCUT2D eigenvalue weighted by molar-refractivity contribution is -0.120. The molecule has 0 aromatic heterocycles. The second-order valence-electron chi connectivity index (χ2n) is 5.44. The Morgan fingerprint density at radius 1 is 1.17 bits per heavy atom. The van der Waals surface area contributed by atoms with E-state index in [0.29, 0.717) is 19.1 Å². The third-order valence-electron chi connectivity index (χ3n) is 3.59. The van der Waals surface area contributed by atoms with E-state index in [-0.39, 0.29) is 18.1 Å². The quantitative estimate of drug-likeness (QED) is 0.321. The Balaban J connectivity index is 1.62. The van der Waals surface area contributed by atoms with Crippen LogP contribution in [0.2, 0.25) is 0 Å². The third-order valence-corrected chi connectivity index (χ3v) is 3.59. The summed E-state index contributed by atoms with van der Waals surface area (Å²) in [7, 11) is 1.73. The zero-order chi connectivity index (χ0) is 16.5. The van der Waals surface area contributed by atoms with Crippen LogP contribution < -0.4 is 16.0 Å². The Morgan fingerprint density at radius 3 is 2.48 bits per heavy atom. The monoisotopic (exact) mass is 318 g/mol. The lowest BCUT2D eigenvalue weighted by Gasteiger charge is -2.17. The van der Waals surface area contributed by atoms with E-state index in [1.54, 1.807) is 19.2 Å². The van der Waals surface area contributed by atoms with Crippen LogP contribution in [0.1, 0.15) is 18.4 Å². The summed E-state index contributed by atoms with van der Waals surface area (Å²) < 4.78 is 12.8. The molecule has 0 aliphatic heterocycles. The molecule has 1 aliphatic rings. The fraction of sp³-hybridized carbons (Fsp3) is 0.412. The average molecular weight is 318 g/mol. The van der Waals surface area contributed by atoms with Crippen LogP contribution in [0.25, 0.3) is 0 Å². The predicted octanol–water partition coefficient (Wildman–Crippen LogP) is 1.37. The zero-order valence-electron chi connectivity index (χ0n) is 13.3. The van der Waals surface area contributed by atoms with Gasteiger partial charge in [0.05, 0.1) is 6.42 Å². The van der Waals surface area contributed by atoms with Crippen LogP contribution in [0.5, 0.6) is 0 Å². The highest BCUT2D eigenvalue weighted by molar-refractivity contribution is 5.80. The third kappa shape index (κ3) is 6.10. The predicted molar refractivity (Wildman–Crippen MR) is 89.8 cm³/mol. The van der Waals surface area contributed by atoms with Crippen molar-refractivity contribution in [2.24, 2.45) is 4.99 Å². The molecule has 0 saturated carbocycles. The number of nitrogens with one attached hydrogen (secondary N) is 3. The number of benzene rings is 1. The van der Waals surface area contributed by atoms with Gasteiger partial charge in [-0.2, -0.15) is 0 Å². The number of guanidine groups is 1. The van der Waals surface area contributed by atoms with Crippen LogP contribution in [-0.2, 0) is 11.2 Å². The number of hydrogen-bond acceptors (Lipinski definition) is 2. The van der Waals surface area contributed by atoms with Crippen molar-refractivity contribution in [2.75, 3.05) is 20.1 Å². The smallest absolute Gasteiger partial charge is 0.224 e. The number of nitrogens with zero attached hydrogens (tertiary/aromatic N) is 1. The average Bonchev–Trinajstić information content (AvgIpc) is 3.05. The van der Waals surface area contributed by atoms with Crippen molar-refractivity contribution in [2.45, 2.75) is 25.3 Å². The van der Waals surface area contributed by atoms with Gasteiger partial charge in [-0.25, -0.2) is 4.39 Å². The Hall–Kier alpha value is -2.37. The number of hydrogen-bond donors (Lipinski definition) is 3. The molecule has 3 N–H and O–H groups in total. The van der Waals surface area contributed by atoms with Crippen LogP contribution in [0.15, 0.2) is 41.4 Å². The second-order valence-corrected chi connectivity index (χ2v) is 5.44. The van der Waals surface area contributed by atoms with E-state index in [0.717, 1.165) is 24.4 Å². The molecule has 1 aliphatic carbocycles. The van der Waals surface area contributed by atoms with E-state index in [2.05, 4.69) is 33.1 Å². The normalized spacial score (nSPS) is 14.8. The molecule has 0 unspecified atom stereocenters. The van der Waals surface area contributed by atoms with Crippen molar-refractivity contribution in [3.8, 4) is 0 Å². The van der Waals surface area contributed by atoms with E-state index in [1.165, 1.54) is 12.1 Å². The molecule has 124 valence electrons. The Bertz CT molecular complexity index is 560. The fourth-order valence-electron chi connectivity index (χ4n) is 2.36. The first-order chi connectivity index (χ1) is 11.2. The fourth-order valence-corrected chi connectivity index (χ4v) is 2.36. The van der Waals surface area contributed by atoms with Crippen molar-refractivity contribution in [1.82, 2.24) is 16.0 Å². The maximum absolute atomic E-state index is 12.8. The Morgan fingerprint density at radius 2 is 1.83 bits per heavy atom. The van der Waals surface area contributed by atoms with Gasteiger partial charge in [-0.3, -0.25) is 9.79 Å². The minimum absolute atomic E-state index is 0.0821. The lowest BCUT2D eigenvalue weighted by atomic mass is 10.1. The molecule has 0 atom stereocenters. The van der Waals surface area contributed by atoms with Gasteiger partial charge in [-0.1, -0.05) is 24.3 Å². The molecular formula is C17H23FN4O. The summed E-state index contributed by atoms with van der Waals surface area (Å²) in [5.41, 5.74) is 0.795. The number of amides is 1. The molecule has 0 spiro atoms. The minimum atomic E-state index is -0.297.